The number of fused-ring (bicyclic) bond motifs is 4. The molecule has 4 atom stereocenters. The second kappa shape index (κ2) is 7.69. The lowest BCUT2D eigenvalue weighted by molar-refractivity contribution is 0.166. The topological polar surface area (TPSA) is 45.7 Å². The molecule has 2 aliphatic rings. The first-order chi connectivity index (χ1) is 15.3. The zero-order valence-electron chi connectivity index (χ0n) is 19.3. The van der Waals surface area contributed by atoms with E-state index in [2.05, 4.69) is 14.8 Å². The standard InChI is InChI=1S/C24H29FN4O/c1-27(2)9-4-10-28-14-18-13-21-20-12-17(25)7-8-22(20)26-23(21)24(29(18)15-28)16-5-3-6-19(30)11-16/h3,5-8,11-12,18,24,26,30H,4,9-10,13-15H2,1-2H3/i14D,15D. The van der Waals surface area contributed by atoms with E-state index < -0.39 is 13.2 Å². The molecule has 0 bridgehead atoms. The number of hydrogen-bond acceptors (Lipinski definition) is 4. The Morgan fingerprint density at radius 1 is 1.27 bits per heavy atom. The Bertz CT molecular complexity index is 1140. The molecule has 0 radical (unpaired) electrons. The molecule has 1 aromatic heterocycles. The van der Waals surface area contributed by atoms with E-state index in [1.807, 2.05) is 25.1 Å². The monoisotopic (exact) mass is 410 g/mol. The van der Waals surface area contributed by atoms with Gasteiger partial charge >= 0.3 is 0 Å². The lowest BCUT2D eigenvalue weighted by Gasteiger charge is -2.37. The fourth-order valence-electron chi connectivity index (χ4n) is 4.80. The van der Waals surface area contributed by atoms with Gasteiger partial charge in [-0.15, -0.1) is 0 Å². The summed E-state index contributed by atoms with van der Waals surface area (Å²) < 4.78 is 32.1. The average molecular weight is 411 g/mol. The molecule has 6 heteroatoms. The molecule has 5 nitrogen and oxygen atoms in total. The summed E-state index contributed by atoms with van der Waals surface area (Å²) in [7, 11) is 4.05. The van der Waals surface area contributed by atoms with Crippen molar-refractivity contribution in [2.24, 2.45) is 0 Å². The van der Waals surface area contributed by atoms with E-state index in [9.17, 15) is 9.50 Å². The van der Waals surface area contributed by atoms with E-state index in [1.54, 1.807) is 30.3 Å². The Morgan fingerprint density at radius 3 is 2.93 bits per heavy atom. The second-order valence-corrected chi connectivity index (χ2v) is 8.58. The van der Waals surface area contributed by atoms with Crippen LogP contribution in [0.25, 0.3) is 10.9 Å². The first-order valence-electron chi connectivity index (χ1n) is 11.6. The van der Waals surface area contributed by atoms with Crippen LogP contribution in [0.1, 0.15) is 32.0 Å². The van der Waals surface area contributed by atoms with Crippen LogP contribution in [-0.4, -0.2) is 71.2 Å². The van der Waals surface area contributed by atoms with E-state index in [4.69, 9.17) is 2.74 Å². The minimum Gasteiger partial charge on any atom is -0.508 e. The molecule has 4 unspecified atom stereocenters. The Hall–Kier alpha value is -2.41. The number of nitrogens with zero attached hydrogens (tertiary/aromatic N) is 3. The highest BCUT2D eigenvalue weighted by Gasteiger charge is 2.42. The third kappa shape index (κ3) is 3.49. The minimum atomic E-state index is -0.673. The first kappa shape index (κ1) is 17.3. The molecule has 0 spiro atoms. The summed E-state index contributed by atoms with van der Waals surface area (Å²) in [4.78, 5) is 9.61. The molecular weight excluding hydrogens is 379 g/mol. The summed E-state index contributed by atoms with van der Waals surface area (Å²) in [5.74, 6) is -0.118. The van der Waals surface area contributed by atoms with Crippen molar-refractivity contribution in [3.63, 3.8) is 0 Å². The van der Waals surface area contributed by atoms with Gasteiger partial charge in [-0.3, -0.25) is 9.80 Å². The number of rotatable bonds is 5. The van der Waals surface area contributed by atoms with Crippen LogP contribution in [0.5, 0.6) is 5.75 Å². The third-order valence-electron chi connectivity index (χ3n) is 6.12. The van der Waals surface area contributed by atoms with Gasteiger partial charge in [-0.2, -0.15) is 0 Å². The number of aromatic hydroxyl groups is 1. The maximum atomic E-state index is 14.1. The molecule has 1 fully saturated rings. The van der Waals surface area contributed by atoms with Crippen molar-refractivity contribution in [3.8, 4) is 5.75 Å². The number of nitrogens with one attached hydrogen (secondary N) is 1. The number of halogens is 1. The molecule has 2 aliphatic heterocycles. The largest absolute Gasteiger partial charge is 0.508 e. The van der Waals surface area contributed by atoms with E-state index in [-0.39, 0.29) is 23.7 Å². The van der Waals surface area contributed by atoms with Gasteiger partial charge in [0.05, 0.1) is 14.1 Å². The zero-order chi connectivity index (χ0) is 22.6. The quantitative estimate of drug-likeness (QED) is 0.675. The van der Waals surface area contributed by atoms with Crippen molar-refractivity contribution in [1.82, 2.24) is 19.7 Å². The summed E-state index contributed by atoms with van der Waals surface area (Å²) in [6.07, 6.45) is 1.47. The zero-order valence-corrected chi connectivity index (χ0v) is 17.3. The van der Waals surface area contributed by atoms with Crippen LogP contribution in [0.4, 0.5) is 4.39 Å². The summed E-state index contributed by atoms with van der Waals surface area (Å²) >= 11 is 0. The third-order valence-corrected chi connectivity index (χ3v) is 6.12. The summed E-state index contributed by atoms with van der Waals surface area (Å²) in [6.45, 7) is 0.350. The van der Waals surface area contributed by atoms with Crippen LogP contribution >= 0.6 is 0 Å². The number of aromatic nitrogens is 1. The van der Waals surface area contributed by atoms with E-state index in [1.165, 1.54) is 6.07 Å². The smallest absolute Gasteiger partial charge is 0.123 e. The van der Waals surface area contributed by atoms with Gasteiger partial charge in [0.15, 0.2) is 0 Å². The maximum Gasteiger partial charge on any atom is 0.123 e. The highest BCUT2D eigenvalue weighted by atomic mass is 19.1. The van der Waals surface area contributed by atoms with Crippen molar-refractivity contribution in [2.45, 2.75) is 24.9 Å². The first-order valence-corrected chi connectivity index (χ1v) is 10.5. The molecule has 3 aromatic rings. The molecule has 30 heavy (non-hydrogen) atoms. The molecule has 158 valence electrons. The highest BCUT2D eigenvalue weighted by molar-refractivity contribution is 5.85. The van der Waals surface area contributed by atoms with Crippen LogP contribution in [0.3, 0.4) is 0 Å². The number of phenolic OH excluding ortho intramolecular Hbond substituents is 1. The van der Waals surface area contributed by atoms with Gasteiger partial charge in [0, 0.05) is 37.1 Å². The van der Waals surface area contributed by atoms with Gasteiger partial charge in [0.1, 0.15) is 11.6 Å². The summed E-state index contributed by atoms with van der Waals surface area (Å²) in [6, 6.07) is 11.3. The highest BCUT2D eigenvalue weighted by Crippen LogP contribution is 2.43. The lowest BCUT2D eigenvalue weighted by Crippen LogP contribution is -2.41. The van der Waals surface area contributed by atoms with Crippen molar-refractivity contribution >= 4 is 10.9 Å². The minimum absolute atomic E-state index is 0.166. The van der Waals surface area contributed by atoms with Crippen LogP contribution in [0.2, 0.25) is 0 Å². The van der Waals surface area contributed by atoms with Crippen LogP contribution in [-0.2, 0) is 6.42 Å². The normalized spacial score (nSPS) is 27.9. The van der Waals surface area contributed by atoms with Crippen molar-refractivity contribution < 1.29 is 12.2 Å². The van der Waals surface area contributed by atoms with Gasteiger partial charge in [-0.25, -0.2) is 4.39 Å². The SMILES string of the molecule is [2H]C1C2Cc3c([nH]c4ccc(F)cc34)C(c3cccc(O)c3)N2C([2H])N1CCCN(C)C. The predicted octanol–water partition coefficient (Wildman–Crippen LogP) is 3.55. The van der Waals surface area contributed by atoms with Crippen molar-refractivity contribution in [2.75, 3.05) is 40.4 Å². The fourth-order valence-corrected chi connectivity index (χ4v) is 4.80. The fraction of sp³-hybridized carbons (Fsp3) is 0.417. The molecule has 0 saturated carbocycles. The molecule has 3 heterocycles. The number of H-pyrrole nitrogens is 1. The van der Waals surface area contributed by atoms with Crippen LogP contribution in [0.15, 0.2) is 42.5 Å². The number of hydrogen-bond donors (Lipinski definition) is 2. The molecule has 5 rings (SSSR count). The molecule has 1 saturated heterocycles. The Kier molecular flexibility index (Phi) is 4.43. The lowest BCUT2D eigenvalue weighted by atomic mass is 9.89. The molecule has 2 aromatic carbocycles. The Morgan fingerprint density at radius 2 is 2.13 bits per heavy atom. The maximum absolute atomic E-state index is 14.1. The van der Waals surface area contributed by atoms with Gasteiger partial charge in [0.25, 0.3) is 0 Å². The van der Waals surface area contributed by atoms with E-state index in [0.29, 0.717) is 13.0 Å². The van der Waals surface area contributed by atoms with Crippen molar-refractivity contribution in [1.29, 1.82) is 0 Å². The molecular formula is C24H29FN4O. The Balaban J connectivity index is 1.60. The summed E-state index contributed by atoms with van der Waals surface area (Å²) in [5, 5.41) is 11.0. The van der Waals surface area contributed by atoms with Gasteiger partial charge in [-0.1, -0.05) is 12.1 Å². The molecule has 0 aliphatic carbocycles. The molecule has 0 amide bonds. The number of benzene rings is 2. The van der Waals surface area contributed by atoms with Crippen molar-refractivity contribution in [3.05, 3.63) is 65.1 Å². The van der Waals surface area contributed by atoms with E-state index >= 15 is 0 Å². The van der Waals surface area contributed by atoms with Crippen LogP contribution < -0.4 is 0 Å². The summed E-state index contributed by atoms with van der Waals surface area (Å²) in [5.41, 5.74) is 3.65. The molecule has 2 N–H and O–H groups in total. The second-order valence-electron chi connectivity index (χ2n) is 8.58. The predicted molar refractivity (Wildman–Crippen MR) is 117 cm³/mol. The number of phenols is 1. The van der Waals surface area contributed by atoms with Gasteiger partial charge < -0.3 is 15.0 Å². The Labute approximate surface area is 179 Å². The average Bonchev–Trinajstić information content (AvgIpc) is 3.22. The van der Waals surface area contributed by atoms with Gasteiger partial charge in [-0.05, 0) is 74.9 Å². The van der Waals surface area contributed by atoms with Crippen LogP contribution in [0, 0.1) is 5.82 Å². The number of aromatic amines is 1. The van der Waals surface area contributed by atoms with E-state index in [0.717, 1.165) is 40.7 Å². The van der Waals surface area contributed by atoms with Gasteiger partial charge in [0.2, 0.25) is 0 Å².